The predicted octanol–water partition coefficient (Wildman–Crippen LogP) is 2.63. The van der Waals surface area contributed by atoms with Crippen molar-refractivity contribution in [3.63, 3.8) is 0 Å². The van der Waals surface area contributed by atoms with Gasteiger partial charge >= 0.3 is 5.97 Å². The summed E-state index contributed by atoms with van der Waals surface area (Å²) in [5.41, 5.74) is 1.16. The molecular weight excluding hydrogens is 266 g/mol. The Balaban J connectivity index is 1.92. The van der Waals surface area contributed by atoms with Crippen molar-refractivity contribution in [1.82, 2.24) is 9.88 Å². The first-order chi connectivity index (χ1) is 10.2. The van der Waals surface area contributed by atoms with Crippen molar-refractivity contribution in [2.45, 2.75) is 39.0 Å². The van der Waals surface area contributed by atoms with E-state index in [-0.39, 0.29) is 0 Å². The number of nitrogens with one attached hydrogen (secondary N) is 1. The van der Waals surface area contributed by atoms with Gasteiger partial charge in [-0.05, 0) is 44.5 Å². The molecule has 116 valence electrons. The number of hydrogen-bond donors (Lipinski definition) is 2. The monoisotopic (exact) mass is 291 g/mol. The highest BCUT2D eigenvalue weighted by molar-refractivity contribution is 5.88. The van der Waals surface area contributed by atoms with E-state index in [4.69, 9.17) is 5.11 Å². The number of aromatic nitrogens is 1. The van der Waals surface area contributed by atoms with Crippen LogP contribution in [0, 0.1) is 0 Å². The van der Waals surface area contributed by atoms with Crippen LogP contribution < -0.4 is 5.32 Å². The van der Waals surface area contributed by atoms with Crippen LogP contribution in [0.25, 0.3) is 0 Å². The molecule has 1 aromatic heterocycles. The predicted molar refractivity (Wildman–Crippen MR) is 84.0 cm³/mol. The van der Waals surface area contributed by atoms with Gasteiger partial charge in [0.1, 0.15) is 5.82 Å². The summed E-state index contributed by atoms with van der Waals surface area (Å²) in [7, 11) is 0. The first kappa shape index (κ1) is 15.8. The maximum Gasteiger partial charge on any atom is 0.335 e. The van der Waals surface area contributed by atoms with Crippen LogP contribution in [0.1, 0.15) is 48.7 Å². The first-order valence-corrected chi connectivity index (χ1v) is 7.89. The number of carboxylic acid groups (broad SMARTS) is 1. The molecule has 0 bridgehead atoms. The van der Waals surface area contributed by atoms with Gasteiger partial charge in [-0.25, -0.2) is 9.78 Å². The number of nitrogens with zero attached hydrogens (tertiary/aromatic N) is 2. The zero-order valence-corrected chi connectivity index (χ0v) is 12.8. The van der Waals surface area contributed by atoms with E-state index in [1.807, 2.05) is 0 Å². The average Bonchev–Trinajstić information content (AvgIpc) is 2.48. The van der Waals surface area contributed by atoms with E-state index in [0.717, 1.165) is 31.6 Å². The van der Waals surface area contributed by atoms with Crippen LogP contribution in [-0.4, -0.2) is 47.1 Å². The first-order valence-electron chi connectivity index (χ1n) is 7.89. The molecule has 2 N–H and O–H groups in total. The normalized spacial score (nSPS) is 15.9. The molecule has 1 aliphatic rings. The fourth-order valence-corrected chi connectivity index (χ4v) is 2.71. The summed E-state index contributed by atoms with van der Waals surface area (Å²) in [5.74, 6) is -0.218. The molecule has 1 aromatic rings. The number of hydrogen-bond acceptors (Lipinski definition) is 4. The van der Waals surface area contributed by atoms with Gasteiger partial charge in [-0.1, -0.05) is 19.8 Å². The molecule has 1 saturated heterocycles. The highest BCUT2D eigenvalue weighted by atomic mass is 16.4. The highest BCUT2D eigenvalue weighted by Gasteiger charge is 2.11. The lowest BCUT2D eigenvalue weighted by atomic mass is 10.1. The summed E-state index contributed by atoms with van der Waals surface area (Å²) in [6, 6.07) is 3.29. The van der Waals surface area contributed by atoms with Gasteiger partial charge in [0.05, 0.1) is 5.56 Å². The van der Waals surface area contributed by atoms with E-state index in [1.54, 1.807) is 12.1 Å². The Kier molecular flexibility index (Phi) is 5.99. The Hall–Kier alpha value is -1.62. The standard InChI is InChI=1S/C16H25N3O2/c1-2-6-14-11-13(16(20)21)12-15(18-14)17-7-10-19-8-4-3-5-9-19/h11-12H,2-10H2,1H3,(H,17,18)(H,20,21). The number of aromatic carboxylic acids is 1. The third-order valence-corrected chi connectivity index (χ3v) is 3.81. The van der Waals surface area contributed by atoms with Crippen LogP contribution in [-0.2, 0) is 6.42 Å². The van der Waals surface area contributed by atoms with Gasteiger partial charge in [-0.3, -0.25) is 0 Å². The van der Waals surface area contributed by atoms with Gasteiger partial charge in [-0.15, -0.1) is 0 Å². The summed E-state index contributed by atoms with van der Waals surface area (Å²) in [5, 5.41) is 12.4. The van der Waals surface area contributed by atoms with E-state index >= 15 is 0 Å². The molecule has 0 aliphatic carbocycles. The number of piperidine rings is 1. The minimum absolute atomic E-state index is 0.314. The molecule has 5 nitrogen and oxygen atoms in total. The lowest BCUT2D eigenvalue weighted by Crippen LogP contribution is -2.33. The molecule has 1 aliphatic heterocycles. The molecule has 0 aromatic carbocycles. The second-order valence-electron chi connectivity index (χ2n) is 5.62. The number of carbonyl (C=O) groups is 1. The van der Waals surface area contributed by atoms with E-state index in [2.05, 4.69) is 22.1 Å². The van der Waals surface area contributed by atoms with E-state index < -0.39 is 5.97 Å². The zero-order chi connectivity index (χ0) is 15.1. The van der Waals surface area contributed by atoms with Crippen LogP contribution in [0.5, 0.6) is 0 Å². The van der Waals surface area contributed by atoms with Crippen LogP contribution in [0.3, 0.4) is 0 Å². The van der Waals surface area contributed by atoms with Gasteiger partial charge in [0.2, 0.25) is 0 Å². The van der Waals surface area contributed by atoms with Crippen molar-refractivity contribution in [2.24, 2.45) is 0 Å². The Morgan fingerprint density at radius 3 is 2.76 bits per heavy atom. The van der Waals surface area contributed by atoms with Crippen molar-refractivity contribution in [3.8, 4) is 0 Å². The third-order valence-electron chi connectivity index (χ3n) is 3.81. The van der Waals surface area contributed by atoms with Crippen molar-refractivity contribution in [3.05, 3.63) is 23.4 Å². The number of carboxylic acids is 1. The Labute approximate surface area is 126 Å². The minimum Gasteiger partial charge on any atom is -0.478 e. The molecule has 2 heterocycles. The lowest BCUT2D eigenvalue weighted by molar-refractivity contribution is 0.0696. The van der Waals surface area contributed by atoms with Crippen molar-refractivity contribution < 1.29 is 9.90 Å². The van der Waals surface area contributed by atoms with E-state index in [9.17, 15) is 4.79 Å². The molecule has 0 saturated carbocycles. The van der Waals surface area contributed by atoms with Gasteiger partial charge in [-0.2, -0.15) is 0 Å². The van der Waals surface area contributed by atoms with Crippen molar-refractivity contribution >= 4 is 11.8 Å². The number of rotatable bonds is 7. The van der Waals surface area contributed by atoms with Crippen LogP contribution in [0.4, 0.5) is 5.82 Å². The third kappa shape index (κ3) is 5.01. The maximum absolute atomic E-state index is 11.2. The largest absolute Gasteiger partial charge is 0.478 e. The number of pyridine rings is 1. The van der Waals surface area contributed by atoms with Crippen LogP contribution in [0.15, 0.2) is 12.1 Å². The second kappa shape index (κ2) is 7.98. The fraction of sp³-hybridized carbons (Fsp3) is 0.625. The van der Waals surface area contributed by atoms with E-state index in [1.165, 1.54) is 32.4 Å². The topological polar surface area (TPSA) is 65.5 Å². The van der Waals surface area contributed by atoms with Crippen LogP contribution >= 0.6 is 0 Å². The molecule has 5 heteroatoms. The lowest BCUT2D eigenvalue weighted by Gasteiger charge is -2.26. The van der Waals surface area contributed by atoms with Gasteiger partial charge in [0, 0.05) is 18.8 Å². The fourth-order valence-electron chi connectivity index (χ4n) is 2.71. The molecule has 0 amide bonds. The van der Waals surface area contributed by atoms with E-state index in [0.29, 0.717) is 11.4 Å². The summed E-state index contributed by atoms with van der Waals surface area (Å²) in [6.07, 6.45) is 5.68. The summed E-state index contributed by atoms with van der Waals surface area (Å²) in [4.78, 5) is 18.1. The number of anilines is 1. The Morgan fingerprint density at radius 2 is 2.10 bits per heavy atom. The average molecular weight is 291 g/mol. The molecule has 2 rings (SSSR count). The van der Waals surface area contributed by atoms with Gasteiger partial charge < -0.3 is 15.3 Å². The Morgan fingerprint density at radius 1 is 1.33 bits per heavy atom. The zero-order valence-electron chi connectivity index (χ0n) is 12.8. The van der Waals surface area contributed by atoms with Gasteiger partial charge in [0.25, 0.3) is 0 Å². The van der Waals surface area contributed by atoms with Gasteiger partial charge in [0.15, 0.2) is 0 Å². The molecular formula is C16H25N3O2. The highest BCUT2D eigenvalue weighted by Crippen LogP contribution is 2.13. The van der Waals surface area contributed by atoms with Crippen LogP contribution in [0.2, 0.25) is 0 Å². The summed E-state index contributed by atoms with van der Waals surface area (Å²) >= 11 is 0. The van der Waals surface area contributed by atoms with Crippen molar-refractivity contribution in [2.75, 3.05) is 31.5 Å². The minimum atomic E-state index is -0.895. The number of likely N-dealkylation sites (tertiary alicyclic amines) is 1. The quantitative estimate of drug-likeness (QED) is 0.808. The van der Waals surface area contributed by atoms with Crippen molar-refractivity contribution in [1.29, 1.82) is 0 Å². The SMILES string of the molecule is CCCc1cc(C(=O)O)cc(NCCN2CCCCC2)n1. The molecule has 0 unspecified atom stereocenters. The molecule has 1 fully saturated rings. The smallest absolute Gasteiger partial charge is 0.335 e. The molecule has 0 radical (unpaired) electrons. The molecule has 0 atom stereocenters. The second-order valence-corrected chi connectivity index (χ2v) is 5.62. The Bertz CT molecular complexity index is 471. The number of aryl methyl sites for hydroxylation is 1. The summed E-state index contributed by atoms with van der Waals surface area (Å²) in [6.45, 7) is 6.21. The summed E-state index contributed by atoms with van der Waals surface area (Å²) < 4.78 is 0. The molecule has 0 spiro atoms. The molecule has 21 heavy (non-hydrogen) atoms. The maximum atomic E-state index is 11.2.